The van der Waals surface area contributed by atoms with Crippen molar-refractivity contribution in [1.82, 2.24) is 0 Å². The van der Waals surface area contributed by atoms with Crippen LogP contribution in [-0.2, 0) is 19.2 Å². The third-order valence-corrected chi connectivity index (χ3v) is 11.4. The highest BCUT2D eigenvalue weighted by Crippen LogP contribution is 2.66. The second kappa shape index (κ2) is 11.4. The van der Waals surface area contributed by atoms with E-state index < -0.39 is 70.0 Å². The summed E-state index contributed by atoms with van der Waals surface area (Å²) >= 11 is 14.7. The van der Waals surface area contributed by atoms with Crippen LogP contribution in [0.5, 0.6) is 11.5 Å². The molecule has 4 aliphatic rings. The van der Waals surface area contributed by atoms with Gasteiger partial charge >= 0.3 is 7.12 Å². The van der Waals surface area contributed by atoms with Crippen LogP contribution in [0.25, 0.3) is 0 Å². The number of hydrogen-bond acceptors (Lipinski definition) is 8. The van der Waals surface area contributed by atoms with Crippen LogP contribution in [0.15, 0.2) is 78.4 Å². The number of allylic oxidation sites excluding steroid dienone is 2. The van der Waals surface area contributed by atoms with Crippen LogP contribution in [0.4, 0.5) is 15.8 Å². The SMILES string of the molecule is CCOc1cccc(C2C3=CCC4C(=O)N(c5cccc(B(O)O)c5)C(=O)C4C3CC3(Cl)C(=O)N(c4ccc(F)cc4)C(=O)C23Cl)c1O. The second-order valence-electron chi connectivity index (χ2n) is 12.4. The lowest BCUT2D eigenvalue weighted by molar-refractivity contribution is -0.125. The summed E-state index contributed by atoms with van der Waals surface area (Å²) in [6, 6.07) is 15.1. The molecule has 2 saturated heterocycles. The quantitative estimate of drug-likeness (QED) is 0.154. The van der Waals surface area contributed by atoms with Crippen LogP contribution in [0.3, 0.4) is 0 Å². The molecule has 4 amide bonds. The molecule has 7 rings (SSSR count). The van der Waals surface area contributed by atoms with Crippen molar-refractivity contribution in [3.63, 3.8) is 0 Å². The molecular formula is C34H28BCl2FN2O8. The van der Waals surface area contributed by atoms with Gasteiger partial charge in [-0.1, -0.05) is 35.9 Å². The number of benzene rings is 3. The largest absolute Gasteiger partial charge is 0.504 e. The Hall–Kier alpha value is -4.23. The summed E-state index contributed by atoms with van der Waals surface area (Å²) in [5.41, 5.74) is 0.840. The number of nitrogens with zero attached hydrogens (tertiary/aromatic N) is 2. The van der Waals surface area contributed by atoms with Crippen LogP contribution in [-0.4, -0.2) is 62.3 Å². The fourth-order valence-corrected chi connectivity index (χ4v) is 8.79. The van der Waals surface area contributed by atoms with Crippen molar-refractivity contribution in [3.05, 3.63) is 89.8 Å². The van der Waals surface area contributed by atoms with E-state index in [1.165, 1.54) is 48.5 Å². The molecule has 10 nitrogen and oxygen atoms in total. The Morgan fingerprint density at radius 3 is 2.31 bits per heavy atom. The molecule has 3 aromatic rings. The van der Waals surface area contributed by atoms with E-state index in [1.807, 2.05) is 0 Å². The van der Waals surface area contributed by atoms with Crippen LogP contribution < -0.4 is 20.0 Å². The van der Waals surface area contributed by atoms with Gasteiger partial charge in [-0.3, -0.25) is 24.1 Å². The number of phenolic OH excluding ortho intramolecular Hbond substituents is 1. The van der Waals surface area contributed by atoms with E-state index >= 15 is 0 Å². The fraction of sp³-hybridized carbons (Fsp3) is 0.294. The highest BCUT2D eigenvalue weighted by atomic mass is 35.5. The molecule has 3 N–H and O–H groups in total. The maximum atomic E-state index is 14.5. The molecule has 3 fully saturated rings. The van der Waals surface area contributed by atoms with Crippen LogP contribution >= 0.6 is 23.2 Å². The predicted molar refractivity (Wildman–Crippen MR) is 175 cm³/mol. The highest BCUT2D eigenvalue weighted by Gasteiger charge is 2.77. The molecule has 3 aromatic carbocycles. The molecule has 14 heteroatoms. The molecule has 6 unspecified atom stereocenters. The monoisotopic (exact) mass is 692 g/mol. The van der Waals surface area contributed by atoms with Crippen LogP contribution in [0.1, 0.15) is 31.2 Å². The number of anilines is 2. The number of carbonyl (C=O) groups is 4. The summed E-state index contributed by atoms with van der Waals surface area (Å²) in [6.07, 6.45) is 1.50. The van der Waals surface area contributed by atoms with E-state index in [4.69, 9.17) is 27.9 Å². The maximum absolute atomic E-state index is 14.5. The van der Waals surface area contributed by atoms with Gasteiger partial charge in [0.2, 0.25) is 11.8 Å². The minimum Gasteiger partial charge on any atom is -0.504 e. The summed E-state index contributed by atoms with van der Waals surface area (Å²) in [5, 5.41) is 31.0. The molecule has 0 radical (unpaired) electrons. The maximum Gasteiger partial charge on any atom is 0.488 e. The van der Waals surface area contributed by atoms with Crippen molar-refractivity contribution in [3.8, 4) is 11.5 Å². The van der Waals surface area contributed by atoms with Crippen molar-refractivity contribution in [1.29, 1.82) is 0 Å². The summed E-state index contributed by atoms with van der Waals surface area (Å²) in [5.74, 6) is -7.75. The van der Waals surface area contributed by atoms with Gasteiger partial charge in [0.1, 0.15) is 5.82 Å². The third-order valence-electron chi connectivity index (χ3n) is 9.96. The van der Waals surface area contributed by atoms with Gasteiger partial charge in [-0.25, -0.2) is 9.29 Å². The summed E-state index contributed by atoms with van der Waals surface area (Å²) in [6.45, 7) is 1.93. The molecule has 0 aromatic heterocycles. The Balaban J connectivity index is 1.40. The molecule has 0 bridgehead atoms. The first-order valence-electron chi connectivity index (χ1n) is 15.4. The van der Waals surface area contributed by atoms with Gasteiger partial charge in [-0.15, -0.1) is 23.2 Å². The molecule has 6 atom stereocenters. The number of fused-ring (bicyclic) bond motifs is 4. The zero-order valence-electron chi connectivity index (χ0n) is 25.3. The van der Waals surface area contributed by atoms with E-state index in [0.717, 1.165) is 21.9 Å². The first kappa shape index (κ1) is 32.3. The smallest absolute Gasteiger partial charge is 0.488 e. The van der Waals surface area contributed by atoms with Crippen molar-refractivity contribution in [2.45, 2.75) is 35.4 Å². The van der Waals surface area contributed by atoms with Crippen molar-refractivity contribution < 1.29 is 43.5 Å². The zero-order chi connectivity index (χ0) is 34.3. The van der Waals surface area contributed by atoms with Gasteiger partial charge in [0.05, 0.1) is 29.8 Å². The van der Waals surface area contributed by atoms with E-state index in [-0.39, 0.29) is 53.3 Å². The van der Waals surface area contributed by atoms with Crippen LogP contribution in [0, 0.1) is 23.6 Å². The van der Waals surface area contributed by atoms with Crippen molar-refractivity contribution in [2.24, 2.45) is 17.8 Å². The van der Waals surface area contributed by atoms with E-state index in [1.54, 1.807) is 19.1 Å². The lowest BCUT2D eigenvalue weighted by Gasteiger charge is -2.50. The topological polar surface area (TPSA) is 145 Å². The van der Waals surface area contributed by atoms with E-state index in [2.05, 4.69) is 0 Å². The number of carbonyl (C=O) groups excluding carboxylic acids is 4. The number of rotatable bonds is 6. The Morgan fingerprint density at radius 2 is 1.62 bits per heavy atom. The minimum absolute atomic E-state index is 0.0333. The standard InChI is InChI=1S/C34H28BCl2FN2O8/c1-2-48-25-8-4-7-23(28(25)41)27-21-13-14-22-26(30(43)39(29(22)42)20-6-3-5-17(15-20)35(46)47)24(21)16-33(36)31(44)40(32(45)34(27,33)37)19-11-9-18(38)10-12-19/h3-13,15,22,24,26-27,41,46-47H,2,14,16H2,1H3. The number of imide groups is 2. The van der Waals surface area contributed by atoms with Crippen molar-refractivity contribution >= 4 is 70.8 Å². The lowest BCUT2D eigenvalue weighted by Crippen LogP contribution is -2.60. The average molecular weight is 693 g/mol. The van der Waals surface area contributed by atoms with Crippen LogP contribution in [0.2, 0.25) is 0 Å². The van der Waals surface area contributed by atoms with Crippen molar-refractivity contribution in [2.75, 3.05) is 16.4 Å². The van der Waals surface area contributed by atoms with Gasteiger partial charge in [0.15, 0.2) is 21.2 Å². The first-order chi connectivity index (χ1) is 22.8. The lowest BCUT2D eigenvalue weighted by atomic mass is 9.56. The number of alkyl halides is 2. The molecule has 1 saturated carbocycles. The van der Waals surface area contributed by atoms with Gasteiger partial charge < -0.3 is 19.9 Å². The zero-order valence-corrected chi connectivity index (χ0v) is 26.9. The molecular weight excluding hydrogens is 665 g/mol. The molecule has 2 heterocycles. The third kappa shape index (κ3) is 4.39. The highest BCUT2D eigenvalue weighted by molar-refractivity contribution is 6.59. The number of ether oxygens (including phenoxy) is 1. The Labute approximate surface area is 284 Å². The number of para-hydroxylation sites is 1. The van der Waals surface area contributed by atoms with Gasteiger partial charge in [-0.2, -0.15) is 0 Å². The Morgan fingerprint density at radius 1 is 0.917 bits per heavy atom. The molecule has 48 heavy (non-hydrogen) atoms. The molecule has 2 aliphatic heterocycles. The summed E-state index contributed by atoms with van der Waals surface area (Å²) in [4.78, 5) is 54.4. The number of phenols is 1. The number of halogens is 3. The number of hydrogen-bond donors (Lipinski definition) is 3. The number of aromatic hydroxyl groups is 1. The molecule has 246 valence electrons. The average Bonchev–Trinajstić information content (AvgIpc) is 3.40. The second-order valence-corrected chi connectivity index (χ2v) is 13.6. The van der Waals surface area contributed by atoms with E-state index in [9.17, 15) is 38.7 Å². The van der Waals surface area contributed by atoms with Gasteiger partial charge in [-0.05, 0) is 73.6 Å². The molecule has 0 spiro atoms. The predicted octanol–water partition coefficient (Wildman–Crippen LogP) is 3.38. The summed E-state index contributed by atoms with van der Waals surface area (Å²) < 4.78 is 19.5. The Bertz CT molecular complexity index is 1920. The normalized spacial score (nSPS) is 29.4. The first-order valence-corrected chi connectivity index (χ1v) is 16.1. The minimum atomic E-state index is -2.23. The Kier molecular flexibility index (Phi) is 7.71. The fourth-order valence-electron chi connectivity index (χ4n) is 7.87. The van der Waals surface area contributed by atoms with Gasteiger partial charge in [0.25, 0.3) is 11.8 Å². The van der Waals surface area contributed by atoms with Gasteiger partial charge in [0, 0.05) is 11.5 Å². The molecule has 2 aliphatic carbocycles. The summed E-state index contributed by atoms with van der Waals surface area (Å²) in [7, 11) is -1.84. The number of amides is 4. The van der Waals surface area contributed by atoms with E-state index in [0.29, 0.717) is 5.57 Å².